The Morgan fingerprint density at radius 1 is 1.23 bits per heavy atom. The number of benzene rings is 1. The Hall–Kier alpha value is -1.75. The van der Waals surface area contributed by atoms with Crippen LogP contribution in [0.15, 0.2) is 29.3 Å². The van der Waals surface area contributed by atoms with Gasteiger partial charge in [0.15, 0.2) is 5.96 Å². The Labute approximate surface area is 156 Å². The average Bonchev–Trinajstić information content (AvgIpc) is 3.32. The van der Waals surface area contributed by atoms with Crippen LogP contribution in [0.2, 0.25) is 0 Å². The molecule has 0 amide bonds. The SMILES string of the molecule is CCNC(=NCC1(CO)CC1)NC1CC2(CCCC2)Oc2ccccc21. The van der Waals surface area contributed by atoms with E-state index >= 15 is 0 Å². The van der Waals surface area contributed by atoms with Gasteiger partial charge in [0, 0.05) is 23.9 Å². The van der Waals surface area contributed by atoms with Gasteiger partial charge in [-0.15, -0.1) is 0 Å². The van der Waals surface area contributed by atoms with Gasteiger partial charge in [0.05, 0.1) is 19.2 Å². The highest BCUT2D eigenvalue weighted by Crippen LogP contribution is 2.47. The van der Waals surface area contributed by atoms with Gasteiger partial charge in [0.25, 0.3) is 0 Å². The van der Waals surface area contributed by atoms with Gasteiger partial charge in [0.2, 0.25) is 0 Å². The predicted molar refractivity (Wildman–Crippen MR) is 103 cm³/mol. The van der Waals surface area contributed by atoms with Crippen molar-refractivity contribution in [3.05, 3.63) is 29.8 Å². The molecule has 142 valence electrons. The molecule has 3 aliphatic rings. The molecule has 5 nitrogen and oxygen atoms in total. The fourth-order valence-corrected chi connectivity index (χ4v) is 4.35. The zero-order valence-electron chi connectivity index (χ0n) is 15.8. The number of hydrogen-bond donors (Lipinski definition) is 3. The molecule has 1 spiro atoms. The molecule has 4 rings (SSSR count). The topological polar surface area (TPSA) is 65.9 Å². The first-order valence-electron chi connectivity index (χ1n) is 10.1. The van der Waals surface area contributed by atoms with Gasteiger partial charge >= 0.3 is 0 Å². The molecular weight excluding hydrogens is 326 g/mol. The first-order chi connectivity index (χ1) is 12.7. The van der Waals surface area contributed by atoms with E-state index in [1.807, 2.05) is 0 Å². The van der Waals surface area contributed by atoms with Crippen molar-refractivity contribution in [2.24, 2.45) is 10.4 Å². The summed E-state index contributed by atoms with van der Waals surface area (Å²) in [6.45, 7) is 3.84. The summed E-state index contributed by atoms with van der Waals surface area (Å²) in [4.78, 5) is 4.79. The van der Waals surface area contributed by atoms with Gasteiger partial charge < -0.3 is 20.5 Å². The standard InChI is InChI=1S/C21H31N3O2/c1-2-22-19(23-14-20(15-25)11-12-20)24-17-13-21(9-5-6-10-21)26-18-8-4-3-7-16(17)18/h3-4,7-8,17,25H,2,5-6,9-15H2,1H3,(H2,22,23,24). The molecule has 1 aromatic carbocycles. The molecule has 26 heavy (non-hydrogen) atoms. The Morgan fingerprint density at radius 2 is 2.00 bits per heavy atom. The molecule has 0 radical (unpaired) electrons. The summed E-state index contributed by atoms with van der Waals surface area (Å²) >= 11 is 0. The van der Waals surface area contributed by atoms with Gasteiger partial charge in [-0.05, 0) is 51.5 Å². The lowest BCUT2D eigenvalue weighted by atomic mass is 9.86. The molecule has 1 aromatic rings. The fourth-order valence-electron chi connectivity index (χ4n) is 4.35. The van der Waals surface area contributed by atoms with E-state index in [-0.39, 0.29) is 23.7 Å². The van der Waals surface area contributed by atoms with E-state index in [4.69, 9.17) is 9.73 Å². The quantitative estimate of drug-likeness (QED) is 0.559. The highest BCUT2D eigenvalue weighted by Gasteiger charge is 2.44. The molecule has 1 aliphatic heterocycles. The highest BCUT2D eigenvalue weighted by atomic mass is 16.5. The van der Waals surface area contributed by atoms with E-state index in [0.29, 0.717) is 6.54 Å². The maximum absolute atomic E-state index is 9.56. The molecular formula is C21H31N3O2. The van der Waals surface area contributed by atoms with Crippen molar-refractivity contribution in [3.8, 4) is 5.75 Å². The van der Waals surface area contributed by atoms with Crippen molar-refractivity contribution < 1.29 is 9.84 Å². The maximum atomic E-state index is 9.56. The number of para-hydroxylation sites is 1. The van der Waals surface area contributed by atoms with Crippen LogP contribution in [-0.2, 0) is 0 Å². The third-order valence-electron chi connectivity index (χ3n) is 6.23. The fraction of sp³-hybridized carbons (Fsp3) is 0.667. The smallest absolute Gasteiger partial charge is 0.191 e. The predicted octanol–water partition coefficient (Wildman–Crippen LogP) is 3.15. The lowest BCUT2D eigenvalue weighted by Crippen LogP contribution is -2.46. The Balaban J connectivity index is 1.55. The van der Waals surface area contributed by atoms with Crippen LogP contribution < -0.4 is 15.4 Å². The summed E-state index contributed by atoms with van der Waals surface area (Å²) in [5.74, 6) is 1.87. The Kier molecular flexibility index (Phi) is 4.82. The Morgan fingerprint density at radius 3 is 2.69 bits per heavy atom. The number of aliphatic hydroxyl groups excluding tert-OH is 1. The molecule has 2 fully saturated rings. The maximum Gasteiger partial charge on any atom is 0.191 e. The number of aliphatic hydroxyl groups is 1. The van der Waals surface area contributed by atoms with Crippen molar-refractivity contribution in [3.63, 3.8) is 0 Å². The van der Waals surface area contributed by atoms with Crippen molar-refractivity contribution in [2.45, 2.75) is 63.5 Å². The highest BCUT2D eigenvalue weighted by molar-refractivity contribution is 5.80. The third-order valence-corrected chi connectivity index (χ3v) is 6.23. The van der Waals surface area contributed by atoms with Crippen LogP contribution in [0.4, 0.5) is 0 Å². The number of hydrogen-bond acceptors (Lipinski definition) is 3. The van der Waals surface area contributed by atoms with E-state index < -0.39 is 0 Å². The lowest BCUT2D eigenvalue weighted by molar-refractivity contribution is 0.0396. The van der Waals surface area contributed by atoms with Gasteiger partial charge in [-0.1, -0.05) is 18.2 Å². The van der Waals surface area contributed by atoms with Crippen molar-refractivity contribution in [1.29, 1.82) is 0 Å². The summed E-state index contributed by atoms with van der Waals surface area (Å²) in [5, 5.41) is 16.6. The molecule has 2 aliphatic carbocycles. The second-order valence-corrected chi connectivity index (χ2v) is 8.28. The summed E-state index contributed by atoms with van der Waals surface area (Å²) < 4.78 is 6.46. The zero-order valence-corrected chi connectivity index (χ0v) is 15.8. The van der Waals surface area contributed by atoms with E-state index in [9.17, 15) is 5.11 Å². The molecule has 0 bridgehead atoms. The van der Waals surface area contributed by atoms with E-state index in [1.165, 1.54) is 18.4 Å². The van der Waals surface area contributed by atoms with Crippen molar-refractivity contribution >= 4 is 5.96 Å². The van der Waals surface area contributed by atoms with Crippen LogP contribution in [-0.4, -0.2) is 36.4 Å². The van der Waals surface area contributed by atoms with E-state index in [2.05, 4.69) is 41.8 Å². The number of nitrogens with one attached hydrogen (secondary N) is 2. The number of rotatable bonds is 5. The first kappa shape index (κ1) is 17.7. The van der Waals surface area contributed by atoms with Gasteiger partial charge in [-0.25, -0.2) is 0 Å². The monoisotopic (exact) mass is 357 g/mol. The number of aliphatic imine (C=N–C) groups is 1. The molecule has 2 saturated carbocycles. The van der Waals surface area contributed by atoms with Gasteiger partial charge in [-0.3, -0.25) is 4.99 Å². The molecule has 1 unspecified atom stereocenters. The summed E-state index contributed by atoms with van der Waals surface area (Å²) in [6, 6.07) is 8.60. The van der Waals surface area contributed by atoms with Crippen LogP contribution in [0.1, 0.15) is 63.5 Å². The van der Waals surface area contributed by atoms with Crippen LogP contribution in [0.3, 0.4) is 0 Å². The van der Waals surface area contributed by atoms with Crippen LogP contribution in [0, 0.1) is 5.41 Å². The summed E-state index contributed by atoms with van der Waals surface area (Å²) in [6.07, 6.45) is 7.93. The molecule has 0 saturated heterocycles. The van der Waals surface area contributed by atoms with Crippen molar-refractivity contribution in [2.75, 3.05) is 19.7 Å². The summed E-state index contributed by atoms with van der Waals surface area (Å²) in [5.41, 5.74) is 1.23. The van der Waals surface area contributed by atoms with Crippen LogP contribution in [0.25, 0.3) is 0 Å². The zero-order chi connectivity index (χ0) is 18.0. The second kappa shape index (κ2) is 7.10. The number of guanidine groups is 1. The minimum Gasteiger partial charge on any atom is -0.487 e. The van der Waals surface area contributed by atoms with Crippen LogP contribution >= 0.6 is 0 Å². The number of ether oxygens (including phenoxy) is 1. The van der Waals surface area contributed by atoms with Gasteiger partial charge in [0.1, 0.15) is 11.4 Å². The first-order valence-corrected chi connectivity index (χ1v) is 10.1. The van der Waals surface area contributed by atoms with E-state index in [1.54, 1.807) is 0 Å². The minimum absolute atomic E-state index is 0.0217. The molecule has 1 heterocycles. The van der Waals surface area contributed by atoms with E-state index in [0.717, 1.165) is 50.4 Å². The largest absolute Gasteiger partial charge is 0.487 e. The molecule has 1 atom stereocenters. The second-order valence-electron chi connectivity index (χ2n) is 8.28. The number of nitrogens with zero attached hydrogens (tertiary/aromatic N) is 1. The summed E-state index contributed by atoms with van der Waals surface area (Å²) in [7, 11) is 0. The molecule has 5 heteroatoms. The van der Waals surface area contributed by atoms with Crippen molar-refractivity contribution in [1.82, 2.24) is 10.6 Å². The normalized spacial score (nSPS) is 25.5. The molecule has 0 aromatic heterocycles. The lowest BCUT2D eigenvalue weighted by Gasteiger charge is -2.40. The number of fused-ring (bicyclic) bond motifs is 1. The average molecular weight is 357 g/mol. The van der Waals surface area contributed by atoms with Gasteiger partial charge in [-0.2, -0.15) is 0 Å². The third kappa shape index (κ3) is 3.54. The Bertz CT molecular complexity index is 663. The molecule has 3 N–H and O–H groups in total. The van der Waals surface area contributed by atoms with Crippen LogP contribution in [0.5, 0.6) is 5.75 Å². The minimum atomic E-state index is -0.0217.